The number of hydrogen-bond donors (Lipinski definition) is 1. The summed E-state index contributed by atoms with van der Waals surface area (Å²) in [6.45, 7) is 1.14. The predicted molar refractivity (Wildman–Crippen MR) is 76.4 cm³/mol. The zero-order chi connectivity index (χ0) is 14.4. The van der Waals surface area contributed by atoms with Crippen LogP contribution in [0, 0.1) is 0 Å². The van der Waals surface area contributed by atoms with Crippen LogP contribution in [0.4, 0.5) is 0 Å². The van der Waals surface area contributed by atoms with E-state index in [1.54, 1.807) is 22.9 Å². The van der Waals surface area contributed by atoms with Crippen LogP contribution in [0.2, 0.25) is 0 Å². The summed E-state index contributed by atoms with van der Waals surface area (Å²) < 4.78 is 1.56. The van der Waals surface area contributed by atoms with E-state index in [1.165, 1.54) is 12.5 Å². The summed E-state index contributed by atoms with van der Waals surface area (Å²) in [6, 6.07) is 5.32. The zero-order valence-corrected chi connectivity index (χ0v) is 11.7. The van der Waals surface area contributed by atoms with Crippen molar-refractivity contribution >= 4 is 5.91 Å². The van der Waals surface area contributed by atoms with E-state index in [1.807, 2.05) is 4.90 Å². The van der Waals surface area contributed by atoms with Gasteiger partial charge in [0.25, 0.3) is 5.56 Å². The van der Waals surface area contributed by atoms with Gasteiger partial charge in [0.05, 0.1) is 0 Å². The fraction of sp³-hybridized carbons (Fsp3) is 0.600. The lowest BCUT2D eigenvalue weighted by molar-refractivity contribution is -0.135. The van der Waals surface area contributed by atoms with Gasteiger partial charge < -0.3 is 14.6 Å². The molecule has 20 heavy (non-hydrogen) atoms. The maximum atomic E-state index is 12.3. The molecule has 1 saturated carbocycles. The molecular weight excluding hydrogens is 256 g/mol. The second-order valence-corrected chi connectivity index (χ2v) is 5.23. The van der Waals surface area contributed by atoms with E-state index in [4.69, 9.17) is 5.11 Å². The van der Waals surface area contributed by atoms with Crippen LogP contribution in [0.15, 0.2) is 29.2 Å². The molecule has 5 nitrogen and oxygen atoms in total. The van der Waals surface area contributed by atoms with Crippen LogP contribution in [0.5, 0.6) is 0 Å². The number of carbonyl (C=O) groups excluding carboxylic acids is 1. The Labute approximate surface area is 118 Å². The average molecular weight is 278 g/mol. The SMILES string of the molecule is O=C(CCn1ccccc1=O)N(CCCO)C1CCC1. The highest BCUT2D eigenvalue weighted by Gasteiger charge is 2.27. The molecule has 0 unspecified atom stereocenters. The fourth-order valence-electron chi connectivity index (χ4n) is 2.46. The Morgan fingerprint density at radius 2 is 2.20 bits per heavy atom. The van der Waals surface area contributed by atoms with Crippen LogP contribution in [-0.4, -0.2) is 39.7 Å². The van der Waals surface area contributed by atoms with Crippen LogP contribution < -0.4 is 5.56 Å². The first-order chi connectivity index (χ1) is 9.72. The number of aromatic nitrogens is 1. The number of nitrogens with zero attached hydrogens (tertiary/aromatic N) is 2. The molecule has 1 aliphatic rings. The highest BCUT2D eigenvalue weighted by Crippen LogP contribution is 2.25. The highest BCUT2D eigenvalue weighted by molar-refractivity contribution is 5.76. The van der Waals surface area contributed by atoms with E-state index in [-0.39, 0.29) is 18.1 Å². The molecule has 0 aliphatic heterocycles. The topological polar surface area (TPSA) is 62.5 Å². The Morgan fingerprint density at radius 1 is 1.40 bits per heavy atom. The first-order valence-corrected chi connectivity index (χ1v) is 7.28. The maximum Gasteiger partial charge on any atom is 0.250 e. The lowest BCUT2D eigenvalue weighted by Crippen LogP contribution is -2.45. The molecule has 0 radical (unpaired) electrons. The normalized spacial score (nSPS) is 14.8. The van der Waals surface area contributed by atoms with Gasteiger partial charge in [-0.2, -0.15) is 0 Å². The van der Waals surface area contributed by atoms with Gasteiger partial charge in [-0.3, -0.25) is 9.59 Å². The number of aliphatic hydroxyl groups is 1. The van der Waals surface area contributed by atoms with Crippen molar-refractivity contribution in [1.29, 1.82) is 0 Å². The van der Waals surface area contributed by atoms with E-state index in [2.05, 4.69) is 0 Å². The summed E-state index contributed by atoms with van der Waals surface area (Å²) in [5.74, 6) is 0.0823. The fourth-order valence-corrected chi connectivity index (χ4v) is 2.46. The van der Waals surface area contributed by atoms with Gasteiger partial charge >= 0.3 is 0 Å². The Bertz CT molecular complexity index is 494. The van der Waals surface area contributed by atoms with Crippen molar-refractivity contribution in [2.24, 2.45) is 0 Å². The Kier molecular flexibility index (Phi) is 5.35. The molecule has 1 amide bonds. The third kappa shape index (κ3) is 3.70. The first-order valence-electron chi connectivity index (χ1n) is 7.28. The van der Waals surface area contributed by atoms with E-state index in [9.17, 15) is 9.59 Å². The number of aliphatic hydroxyl groups excluding tert-OH is 1. The van der Waals surface area contributed by atoms with Gasteiger partial charge in [0.15, 0.2) is 0 Å². The molecule has 1 N–H and O–H groups in total. The minimum absolute atomic E-state index is 0.0779. The van der Waals surface area contributed by atoms with E-state index >= 15 is 0 Å². The summed E-state index contributed by atoms with van der Waals surface area (Å²) in [5.41, 5.74) is -0.0779. The summed E-state index contributed by atoms with van der Waals surface area (Å²) in [6.07, 6.45) is 5.95. The van der Waals surface area contributed by atoms with Crippen molar-refractivity contribution in [1.82, 2.24) is 9.47 Å². The summed E-state index contributed by atoms with van der Waals surface area (Å²) >= 11 is 0. The maximum absolute atomic E-state index is 12.3. The van der Waals surface area contributed by atoms with Crippen molar-refractivity contribution in [3.05, 3.63) is 34.7 Å². The van der Waals surface area contributed by atoms with E-state index < -0.39 is 0 Å². The van der Waals surface area contributed by atoms with Crippen molar-refractivity contribution in [2.45, 2.75) is 44.7 Å². The van der Waals surface area contributed by atoms with Gasteiger partial charge in [-0.1, -0.05) is 6.07 Å². The highest BCUT2D eigenvalue weighted by atomic mass is 16.3. The molecule has 1 aliphatic carbocycles. The van der Waals surface area contributed by atoms with Crippen molar-refractivity contribution in [3.63, 3.8) is 0 Å². The van der Waals surface area contributed by atoms with Crippen molar-refractivity contribution in [2.75, 3.05) is 13.2 Å². The molecule has 110 valence electrons. The lowest BCUT2D eigenvalue weighted by atomic mass is 9.91. The molecule has 0 spiro atoms. The molecule has 2 rings (SSSR count). The molecule has 0 saturated heterocycles. The molecule has 1 aromatic heterocycles. The van der Waals surface area contributed by atoms with Crippen LogP contribution >= 0.6 is 0 Å². The summed E-state index contributed by atoms with van der Waals surface area (Å²) in [5, 5.41) is 8.93. The largest absolute Gasteiger partial charge is 0.396 e. The van der Waals surface area contributed by atoms with Crippen LogP contribution in [0.3, 0.4) is 0 Å². The molecule has 0 bridgehead atoms. The van der Waals surface area contributed by atoms with Crippen LogP contribution in [-0.2, 0) is 11.3 Å². The van der Waals surface area contributed by atoms with Crippen LogP contribution in [0.25, 0.3) is 0 Å². The summed E-state index contributed by atoms with van der Waals surface area (Å²) in [4.78, 5) is 25.8. The number of carbonyl (C=O) groups is 1. The average Bonchev–Trinajstić information content (AvgIpc) is 2.40. The number of pyridine rings is 1. The summed E-state index contributed by atoms with van der Waals surface area (Å²) in [7, 11) is 0. The smallest absolute Gasteiger partial charge is 0.250 e. The van der Waals surface area contributed by atoms with Gasteiger partial charge in [-0.25, -0.2) is 0 Å². The molecule has 1 aromatic rings. The van der Waals surface area contributed by atoms with Crippen molar-refractivity contribution in [3.8, 4) is 0 Å². The van der Waals surface area contributed by atoms with Gasteiger partial charge in [0.2, 0.25) is 5.91 Å². The Morgan fingerprint density at radius 3 is 2.80 bits per heavy atom. The lowest BCUT2D eigenvalue weighted by Gasteiger charge is -2.37. The number of aryl methyl sites for hydroxylation is 1. The monoisotopic (exact) mass is 278 g/mol. The molecule has 0 aromatic carbocycles. The quantitative estimate of drug-likeness (QED) is 0.809. The van der Waals surface area contributed by atoms with Gasteiger partial charge in [0, 0.05) is 44.4 Å². The van der Waals surface area contributed by atoms with Gasteiger partial charge in [0.1, 0.15) is 0 Å². The minimum Gasteiger partial charge on any atom is -0.396 e. The molecule has 0 atom stereocenters. The second kappa shape index (κ2) is 7.24. The van der Waals surface area contributed by atoms with Gasteiger partial charge in [-0.15, -0.1) is 0 Å². The zero-order valence-electron chi connectivity index (χ0n) is 11.7. The third-order valence-corrected chi connectivity index (χ3v) is 3.86. The number of amides is 1. The number of rotatable bonds is 7. The molecule has 5 heteroatoms. The number of hydrogen-bond acceptors (Lipinski definition) is 3. The minimum atomic E-state index is -0.0779. The standard InChI is InChI=1S/C15H22N2O3/c18-12-4-10-17(13-5-3-6-13)15(20)8-11-16-9-2-1-7-14(16)19/h1-2,7,9,13,18H,3-6,8,10-12H2. The van der Waals surface area contributed by atoms with Crippen LogP contribution in [0.1, 0.15) is 32.1 Å². The van der Waals surface area contributed by atoms with Crippen molar-refractivity contribution < 1.29 is 9.90 Å². The van der Waals surface area contributed by atoms with Gasteiger partial charge in [-0.05, 0) is 31.7 Å². The molecule has 1 fully saturated rings. The Balaban J connectivity index is 1.91. The molecular formula is C15H22N2O3. The molecule has 1 heterocycles. The van der Waals surface area contributed by atoms with E-state index in [0.29, 0.717) is 32.0 Å². The third-order valence-electron chi connectivity index (χ3n) is 3.86. The Hall–Kier alpha value is -1.62. The van der Waals surface area contributed by atoms with E-state index in [0.717, 1.165) is 12.8 Å². The first kappa shape index (κ1) is 14.8. The second-order valence-electron chi connectivity index (χ2n) is 5.23. The predicted octanol–water partition coefficient (Wildman–Crippen LogP) is 1.00.